The van der Waals surface area contributed by atoms with E-state index >= 15 is 0 Å². The zero-order valence-electron chi connectivity index (χ0n) is 11.2. The first-order chi connectivity index (χ1) is 8.02. The molecule has 98 valence electrons. The van der Waals surface area contributed by atoms with Crippen molar-refractivity contribution in [3.05, 3.63) is 0 Å². The van der Waals surface area contributed by atoms with Crippen molar-refractivity contribution in [2.75, 3.05) is 12.4 Å². The molecule has 0 radical (unpaired) electrons. The molecule has 1 amide bonds. The van der Waals surface area contributed by atoms with E-state index in [2.05, 4.69) is 27.7 Å². The molecule has 3 atom stereocenters. The summed E-state index contributed by atoms with van der Waals surface area (Å²) in [6.45, 7) is 9.34. The van der Waals surface area contributed by atoms with E-state index in [0.717, 1.165) is 12.2 Å². The maximum Gasteiger partial charge on any atom is 0.229 e. The van der Waals surface area contributed by atoms with Gasteiger partial charge in [-0.15, -0.1) is 11.8 Å². The summed E-state index contributed by atoms with van der Waals surface area (Å²) in [5.74, 6) is 2.41. The van der Waals surface area contributed by atoms with Crippen LogP contribution in [0.25, 0.3) is 0 Å². The molecule has 0 N–H and O–H groups in total. The Morgan fingerprint density at radius 2 is 2.00 bits per heavy atom. The van der Waals surface area contributed by atoms with Crippen LogP contribution in [0, 0.1) is 17.8 Å². The molecule has 2 aliphatic rings. The zero-order valence-corrected chi connectivity index (χ0v) is 12.0. The van der Waals surface area contributed by atoms with Gasteiger partial charge < -0.3 is 9.64 Å². The second kappa shape index (κ2) is 5.19. The first kappa shape index (κ1) is 13.2. The van der Waals surface area contributed by atoms with Crippen LogP contribution in [-0.4, -0.2) is 34.8 Å². The van der Waals surface area contributed by atoms with Gasteiger partial charge in [0.2, 0.25) is 5.91 Å². The lowest BCUT2D eigenvalue weighted by Gasteiger charge is -2.31. The highest BCUT2D eigenvalue weighted by molar-refractivity contribution is 7.99. The Morgan fingerprint density at radius 3 is 2.59 bits per heavy atom. The van der Waals surface area contributed by atoms with Crippen molar-refractivity contribution in [1.29, 1.82) is 0 Å². The number of carbonyl (C=O) groups excluding carboxylic acids is 1. The van der Waals surface area contributed by atoms with E-state index in [-0.39, 0.29) is 17.5 Å². The van der Waals surface area contributed by atoms with Gasteiger partial charge in [0.15, 0.2) is 5.56 Å². The van der Waals surface area contributed by atoms with E-state index in [1.54, 1.807) is 11.8 Å². The monoisotopic (exact) mass is 257 g/mol. The molecule has 0 aromatic rings. The SMILES string of the molecule is CC(C)[C@H]1CCS[C@H]2OC[C@@H](C(C)C)N2C1=O. The van der Waals surface area contributed by atoms with E-state index in [1.165, 1.54) is 0 Å². The Labute approximate surface area is 108 Å². The second-order valence-corrected chi connectivity index (χ2v) is 6.85. The Morgan fingerprint density at radius 1 is 1.29 bits per heavy atom. The van der Waals surface area contributed by atoms with Crippen LogP contribution in [0.3, 0.4) is 0 Å². The summed E-state index contributed by atoms with van der Waals surface area (Å²) in [5.41, 5.74) is -0.0290. The summed E-state index contributed by atoms with van der Waals surface area (Å²) in [6, 6.07) is 0.263. The third-order valence-corrected chi connectivity index (χ3v) is 4.95. The van der Waals surface area contributed by atoms with Crippen molar-refractivity contribution < 1.29 is 9.53 Å². The molecule has 0 aromatic carbocycles. The van der Waals surface area contributed by atoms with Gasteiger partial charge >= 0.3 is 0 Å². The van der Waals surface area contributed by atoms with Crippen molar-refractivity contribution in [2.24, 2.45) is 17.8 Å². The van der Waals surface area contributed by atoms with Gasteiger partial charge in [0.1, 0.15) is 0 Å². The second-order valence-electron chi connectivity index (χ2n) is 5.71. The summed E-state index contributed by atoms with van der Waals surface area (Å²) >= 11 is 1.78. The lowest BCUT2D eigenvalue weighted by Crippen LogP contribution is -2.46. The molecule has 2 rings (SSSR count). The Balaban J connectivity index is 2.21. The quantitative estimate of drug-likeness (QED) is 0.761. The molecule has 2 heterocycles. The fraction of sp³-hybridized carbons (Fsp3) is 0.923. The van der Waals surface area contributed by atoms with Gasteiger partial charge in [0.05, 0.1) is 12.6 Å². The summed E-state index contributed by atoms with van der Waals surface area (Å²) < 4.78 is 5.78. The van der Waals surface area contributed by atoms with Crippen LogP contribution in [0.1, 0.15) is 34.1 Å². The highest BCUT2D eigenvalue weighted by Gasteiger charge is 2.44. The fourth-order valence-electron chi connectivity index (χ4n) is 2.64. The summed E-state index contributed by atoms with van der Waals surface area (Å²) in [5, 5.41) is 0. The van der Waals surface area contributed by atoms with Crippen LogP contribution in [0.5, 0.6) is 0 Å². The van der Waals surface area contributed by atoms with Gasteiger partial charge in [-0.2, -0.15) is 0 Å². The number of amides is 1. The van der Waals surface area contributed by atoms with Crippen molar-refractivity contribution in [2.45, 2.75) is 45.7 Å². The van der Waals surface area contributed by atoms with Crippen LogP contribution >= 0.6 is 11.8 Å². The maximum atomic E-state index is 12.6. The van der Waals surface area contributed by atoms with Crippen molar-refractivity contribution >= 4 is 17.7 Å². The Hall–Kier alpha value is -0.220. The minimum Gasteiger partial charge on any atom is -0.347 e. The third-order valence-electron chi connectivity index (χ3n) is 3.83. The van der Waals surface area contributed by atoms with Crippen LogP contribution in [-0.2, 0) is 9.53 Å². The van der Waals surface area contributed by atoms with Gasteiger partial charge in [-0.3, -0.25) is 4.79 Å². The van der Waals surface area contributed by atoms with Crippen molar-refractivity contribution in [1.82, 2.24) is 4.90 Å². The molecule has 0 unspecified atom stereocenters. The Bertz CT molecular complexity index is 293. The standard InChI is InChI=1S/C13H23NO2S/c1-8(2)10-5-6-17-13-14(12(10)15)11(7-16-13)9(3)4/h8-11,13H,5-7H2,1-4H3/t10-,11+,13-/m1/s1. The summed E-state index contributed by atoms with van der Waals surface area (Å²) in [7, 11) is 0. The minimum atomic E-state index is -0.0290. The molecule has 2 fully saturated rings. The molecule has 3 nitrogen and oxygen atoms in total. The van der Waals surface area contributed by atoms with E-state index < -0.39 is 0 Å². The molecule has 2 aliphatic heterocycles. The van der Waals surface area contributed by atoms with E-state index in [1.807, 2.05) is 4.90 Å². The largest absolute Gasteiger partial charge is 0.347 e. The zero-order chi connectivity index (χ0) is 12.6. The topological polar surface area (TPSA) is 29.5 Å². The number of hydrogen-bond donors (Lipinski definition) is 0. The summed E-state index contributed by atoms with van der Waals surface area (Å²) in [6.07, 6.45) is 0.988. The predicted molar refractivity (Wildman–Crippen MR) is 70.6 cm³/mol. The number of rotatable bonds is 2. The number of carbonyl (C=O) groups is 1. The first-order valence-electron chi connectivity index (χ1n) is 6.57. The number of hydrogen-bond acceptors (Lipinski definition) is 3. The van der Waals surface area contributed by atoms with Crippen LogP contribution in [0.15, 0.2) is 0 Å². The number of fused-ring (bicyclic) bond motifs is 1. The maximum absolute atomic E-state index is 12.6. The van der Waals surface area contributed by atoms with Crippen molar-refractivity contribution in [3.63, 3.8) is 0 Å². The molecule has 0 spiro atoms. The molecule has 17 heavy (non-hydrogen) atoms. The van der Waals surface area contributed by atoms with Crippen LogP contribution in [0.4, 0.5) is 0 Å². The molecule has 0 bridgehead atoms. The summed E-state index contributed by atoms with van der Waals surface area (Å²) in [4.78, 5) is 14.6. The van der Waals surface area contributed by atoms with Gasteiger partial charge in [0, 0.05) is 5.92 Å². The molecule has 0 saturated carbocycles. The molecule has 0 aliphatic carbocycles. The normalized spacial score (nSPS) is 34.4. The van der Waals surface area contributed by atoms with Gasteiger partial charge in [-0.1, -0.05) is 27.7 Å². The van der Waals surface area contributed by atoms with E-state index in [0.29, 0.717) is 24.3 Å². The van der Waals surface area contributed by atoms with Crippen molar-refractivity contribution in [3.8, 4) is 0 Å². The number of ether oxygens (including phenoxy) is 1. The Kier molecular flexibility index (Phi) is 4.03. The lowest BCUT2D eigenvalue weighted by molar-refractivity contribution is -0.140. The van der Waals surface area contributed by atoms with Crippen LogP contribution in [0.2, 0.25) is 0 Å². The molecule has 2 saturated heterocycles. The number of thioether (sulfide) groups is 1. The van der Waals surface area contributed by atoms with Gasteiger partial charge in [-0.05, 0) is 24.0 Å². The highest BCUT2D eigenvalue weighted by atomic mass is 32.2. The first-order valence-corrected chi connectivity index (χ1v) is 7.62. The minimum absolute atomic E-state index is 0.0290. The average molecular weight is 257 g/mol. The molecule has 4 heteroatoms. The molecule has 0 aromatic heterocycles. The lowest BCUT2D eigenvalue weighted by atomic mass is 9.91. The molecular formula is C13H23NO2S. The van der Waals surface area contributed by atoms with Crippen LogP contribution < -0.4 is 0 Å². The molecular weight excluding hydrogens is 234 g/mol. The van der Waals surface area contributed by atoms with Gasteiger partial charge in [-0.25, -0.2) is 0 Å². The number of nitrogens with zero attached hydrogens (tertiary/aromatic N) is 1. The third kappa shape index (κ3) is 2.48. The smallest absolute Gasteiger partial charge is 0.229 e. The van der Waals surface area contributed by atoms with E-state index in [4.69, 9.17) is 4.74 Å². The fourth-order valence-corrected chi connectivity index (χ4v) is 3.82. The highest BCUT2D eigenvalue weighted by Crippen LogP contribution is 2.37. The van der Waals surface area contributed by atoms with E-state index in [9.17, 15) is 4.79 Å². The predicted octanol–water partition coefficient (Wildman–Crippen LogP) is 2.56. The van der Waals surface area contributed by atoms with Gasteiger partial charge in [0.25, 0.3) is 0 Å². The average Bonchev–Trinajstić information content (AvgIpc) is 2.60.